The summed E-state index contributed by atoms with van der Waals surface area (Å²) in [6.07, 6.45) is 3.89. The molecule has 1 aromatic heterocycles. The topological polar surface area (TPSA) is 35.3 Å². The van der Waals surface area contributed by atoms with Gasteiger partial charge in [0.1, 0.15) is 16.9 Å². The van der Waals surface area contributed by atoms with Crippen LogP contribution >= 0.6 is 0 Å². The molecule has 0 spiro atoms. The maximum absolute atomic E-state index is 6.32. The summed E-state index contributed by atoms with van der Waals surface area (Å²) in [5.74, 6) is 1.82. The Balaban J connectivity index is 2.08. The second kappa shape index (κ2) is 4.73. The van der Waals surface area contributed by atoms with Crippen molar-refractivity contribution >= 4 is 21.9 Å². The molecule has 0 saturated heterocycles. The number of hydrogen-bond donors (Lipinski definition) is 0. The Kier molecular flexibility index (Phi) is 2.93. The van der Waals surface area contributed by atoms with Gasteiger partial charge in [0.2, 0.25) is 0 Å². The fourth-order valence-corrected chi connectivity index (χ4v) is 3.32. The first-order valence-electron chi connectivity index (χ1n) is 8.11. The van der Waals surface area contributed by atoms with E-state index in [4.69, 9.17) is 14.1 Å². The lowest BCUT2D eigenvalue weighted by molar-refractivity contribution is 0.0870. The van der Waals surface area contributed by atoms with Gasteiger partial charge in [-0.1, -0.05) is 31.2 Å². The molecule has 22 heavy (non-hydrogen) atoms. The van der Waals surface area contributed by atoms with Crippen LogP contribution in [0.4, 0.5) is 0 Å². The largest absolute Gasteiger partial charge is 0.487 e. The van der Waals surface area contributed by atoms with E-state index in [1.54, 1.807) is 0 Å². The van der Waals surface area contributed by atoms with E-state index in [9.17, 15) is 0 Å². The first kappa shape index (κ1) is 13.6. The highest BCUT2D eigenvalue weighted by Gasteiger charge is 2.31. The number of ether oxygens (including phenoxy) is 1. The van der Waals surface area contributed by atoms with Crippen LogP contribution in [0.2, 0.25) is 0 Å². The van der Waals surface area contributed by atoms with Crippen LogP contribution in [0.15, 0.2) is 28.7 Å². The van der Waals surface area contributed by atoms with E-state index in [1.165, 1.54) is 5.56 Å². The number of rotatable bonds is 2. The quantitative estimate of drug-likeness (QED) is 0.664. The number of aryl methyl sites for hydroxylation is 2. The standard InChI is InChI=1S/C19H21NO2/c1-4-7-15-20-16-12-8-5-6-9-13(12)17-14(18(16)21-15)10-11-19(2,3)22-17/h5-6,8-9H,4,7,10-11H2,1-3H3. The molecule has 2 aromatic carbocycles. The second-order valence-electron chi connectivity index (χ2n) is 6.75. The zero-order valence-corrected chi connectivity index (χ0v) is 13.4. The van der Waals surface area contributed by atoms with Gasteiger partial charge in [0, 0.05) is 22.8 Å². The summed E-state index contributed by atoms with van der Waals surface area (Å²) in [5.41, 5.74) is 2.96. The van der Waals surface area contributed by atoms with Gasteiger partial charge in [0.05, 0.1) is 0 Å². The molecule has 0 bridgehead atoms. The third-order valence-electron chi connectivity index (χ3n) is 4.47. The number of aromatic nitrogens is 1. The minimum atomic E-state index is -0.129. The number of benzene rings is 2. The molecule has 0 amide bonds. The van der Waals surface area contributed by atoms with Crippen molar-refractivity contribution in [3.8, 4) is 5.75 Å². The van der Waals surface area contributed by atoms with E-state index in [1.807, 2.05) is 0 Å². The molecule has 114 valence electrons. The summed E-state index contributed by atoms with van der Waals surface area (Å²) in [4.78, 5) is 4.75. The maximum Gasteiger partial charge on any atom is 0.195 e. The Labute approximate surface area is 130 Å². The number of oxazole rings is 1. The van der Waals surface area contributed by atoms with Crippen molar-refractivity contribution in [3.63, 3.8) is 0 Å². The van der Waals surface area contributed by atoms with E-state index >= 15 is 0 Å². The van der Waals surface area contributed by atoms with Crippen molar-refractivity contribution in [1.82, 2.24) is 4.98 Å². The summed E-state index contributed by atoms with van der Waals surface area (Å²) >= 11 is 0. The van der Waals surface area contributed by atoms with Gasteiger partial charge in [-0.15, -0.1) is 0 Å². The number of nitrogens with zero attached hydrogens (tertiary/aromatic N) is 1. The Bertz CT molecular complexity index is 861. The van der Waals surface area contributed by atoms with E-state index in [0.717, 1.165) is 59.2 Å². The molecule has 2 heterocycles. The SMILES string of the molecule is CCCc1nc2c(o1)c1c(c3ccccc32)OC(C)(C)CC1. The minimum absolute atomic E-state index is 0.129. The summed E-state index contributed by atoms with van der Waals surface area (Å²) in [6, 6.07) is 8.35. The van der Waals surface area contributed by atoms with Gasteiger partial charge in [-0.05, 0) is 33.1 Å². The van der Waals surface area contributed by atoms with E-state index in [-0.39, 0.29) is 5.60 Å². The van der Waals surface area contributed by atoms with Gasteiger partial charge in [-0.25, -0.2) is 4.98 Å². The zero-order chi connectivity index (χ0) is 15.3. The normalized spacial score (nSPS) is 16.7. The molecule has 0 atom stereocenters. The van der Waals surface area contributed by atoms with Crippen LogP contribution in [0.25, 0.3) is 21.9 Å². The van der Waals surface area contributed by atoms with Crippen LogP contribution in [-0.2, 0) is 12.8 Å². The van der Waals surface area contributed by atoms with Crippen LogP contribution < -0.4 is 4.74 Å². The van der Waals surface area contributed by atoms with Crippen LogP contribution in [0.3, 0.4) is 0 Å². The van der Waals surface area contributed by atoms with Crippen molar-refractivity contribution < 1.29 is 9.15 Å². The molecule has 0 unspecified atom stereocenters. The van der Waals surface area contributed by atoms with Crippen molar-refractivity contribution in [2.45, 2.75) is 52.1 Å². The number of fused-ring (bicyclic) bond motifs is 6. The van der Waals surface area contributed by atoms with Crippen LogP contribution in [0.5, 0.6) is 5.75 Å². The molecule has 0 aliphatic carbocycles. The molecule has 3 nitrogen and oxygen atoms in total. The van der Waals surface area contributed by atoms with E-state index in [0.29, 0.717) is 0 Å². The Morgan fingerprint density at radius 2 is 1.95 bits per heavy atom. The second-order valence-corrected chi connectivity index (χ2v) is 6.75. The predicted molar refractivity (Wildman–Crippen MR) is 88.5 cm³/mol. The molecule has 1 aliphatic rings. The van der Waals surface area contributed by atoms with Gasteiger partial charge in [-0.3, -0.25) is 0 Å². The molecule has 0 fully saturated rings. The van der Waals surface area contributed by atoms with Crippen LogP contribution in [0.1, 0.15) is 45.1 Å². The van der Waals surface area contributed by atoms with Gasteiger partial charge in [0.25, 0.3) is 0 Å². The third kappa shape index (κ3) is 1.99. The fourth-order valence-electron chi connectivity index (χ4n) is 3.32. The molecular weight excluding hydrogens is 274 g/mol. The van der Waals surface area contributed by atoms with Crippen molar-refractivity contribution in [3.05, 3.63) is 35.7 Å². The predicted octanol–water partition coefficient (Wildman–Crippen LogP) is 5.04. The molecule has 4 rings (SSSR count). The highest BCUT2D eigenvalue weighted by molar-refractivity contribution is 6.08. The maximum atomic E-state index is 6.32. The first-order chi connectivity index (χ1) is 10.6. The summed E-state index contributed by atoms with van der Waals surface area (Å²) in [5, 5.41) is 2.27. The Morgan fingerprint density at radius 1 is 1.18 bits per heavy atom. The molecule has 0 radical (unpaired) electrons. The average Bonchev–Trinajstić information content (AvgIpc) is 2.91. The fraction of sp³-hybridized carbons (Fsp3) is 0.421. The van der Waals surface area contributed by atoms with Crippen molar-refractivity contribution in [1.29, 1.82) is 0 Å². The molecule has 0 saturated carbocycles. The summed E-state index contributed by atoms with van der Waals surface area (Å²) in [7, 11) is 0. The molecule has 3 heteroatoms. The van der Waals surface area contributed by atoms with Gasteiger partial charge in [-0.2, -0.15) is 0 Å². The Morgan fingerprint density at radius 3 is 2.73 bits per heavy atom. The molecule has 0 N–H and O–H groups in total. The van der Waals surface area contributed by atoms with Crippen LogP contribution in [0, 0.1) is 0 Å². The van der Waals surface area contributed by atoms with E-state index in [2.05, 4.69) is 45.0 Å². The first-order valence-corrected chi connectivity index (χ1v) is 8.11. The average molecular weight is 295 g/mol. The third-order valence-corrected chi connectivity index (χ3v) is 4.47. The minimum Gasteiger partial charge on any atom is -0.487 e. The smallest absolute Gasteiger partial charge is 0.195 e. The summed E-state index contributed by atoms with van der Waals surface area (Å²) < 4.78 is 12.4. The lowest BCUT2D eigenvalue weighted by Gasteiger charge is -2.33. The summed E-state index contributed by atoms with van der Waals surface area (Å²) in [6.45, 7) is 6.45. The monoisotopic (exact) mass is 295 g/mol. The van der Waals surface area contributed by atoms with Crippen molar-refractivity contribution in [2.24, 2.45) is 0 Å². The van der Waals surface area contributed by atoms with E-state index < -0.39 is 0 Å². The molecule has 3 aromatic rings. The Hall–Kier alpha value is -2.03. The van der Waals surface area contributed by atoms with Gasteiger partial charge >= 0.3 is 0 Å². The zero-order valence-electron chi connectivity index (χ0n) is 13.4. The molecular formula is C19H21NO2. The van der Waals surface area contributed by atoms with Crippen LogP contribution in [-0.4, -0.2) is 10.6 Å². The number of hydrogen-bond acceptors (Lipinski definition) is 3. The lowest BCUT2D eigenvalue weighted by atomic mass is 9.91. The van der Waals surface area contributed by atoms with Crippen molar-refractivity contribution in [2.75, 3.05) is 0 Å². The lowest BCUT2D eigenvalue weighted by Crippen LogP contribution is -2.32. The van der Waals surface area contributed by atoms with Gasteiger partial charge < -0.3 is 9.15 Å². The van der Waals surface area contributed by atoms with Gasteiger partial charge in [0.15, 0.2) is 11.5 Å². The molecule has 1 aliphatic heterocycles. The highest BCUT2D eigenvalue weighted by Crippen LogP contribution is 2.44. The highest BCUT2D eigenvalue weighted by atomic mass is 16.5.